The third-order valence-electron chi connectivity index (χ3n) is 4.38. The number of aryl methyl sites for hydroxylation is 1. The number of thiocarbonyl (C=S) groups is 1. The van der Waals surface area contributed by atoms with E-state index in [9.17, 15) is 13.2 Å². The van der Waals surface area contributed by atoms with Gasteiger partial charge >= 0.3 is 0 Å². The molecular formula is C21H21N5O4S2. The Morgan fingerprint density at radius 2 is 1.75 bits per heavy atom. The van der Waals surface area contributed by atoms with Gasteiger partial charge in [-0.1, -0.05) is 24.3 Å². The molecule has 3 aromatic rings. The molecular weight excluding hydrogens is 450 g/mol. The number of ether oxygens (including phenoxy) is 1. The maximum atomic E-state index is 12.6. The quantitative estimate of drug-likeness (QED) is 0.450. The average Bonchev–Trinajstić information content (AvgIpc) is 2.75. The number of carbonyl (C=O) groups is 1. The van der Waals surface area contributed by atoms with Gasteiger partial charge in [0.15, 0.2) is 5.11 Å². The van der Waals surface area contributed by atoms with Gasteiger partial charge in [0.2, 0.25) is 11.7 Å². The highest BCUT2D eigenvalue weighted by Gasteiger charge is 2.18. The van der Waals surface area contributed by atoms with E-state index < -0.39 is 10.0 Å². The molecule has 32 heavy (non-hydrogen) atoms. The van der Waals surface area contributed by atoms with Crippen LogP contribution >= 0.6 is 12.2 Å². The summed E-state index contributed by atoms with van der Waals surface area (Å²) in [5.74, 6) is -0.214. The van der Waals surface area contributed by atoms with Crippen molar-refractivity contribution in [3.05, 3.63) is 72.1 Å². The van der Waals surface area contributed by atoms with E-state index in [1.807, 2.05) is 31.2 Å². The summed E-state index contributed by atoms with van der Waals surface area (Å²) in [4.78, 5) is 20.1. The number of hydrogen-bond acceptors (Lipinski definition) is 7. The van der Waals surface area contributed by atoms with E-state index in [4.69, 9.17) is 17.0 Å². The van der Waals surface area contributed by atoms with Gasteiger partial charge in [0.1, 0.15) is 0 Å². The topological polar surface area (TPSA) is 122 Å². The fraction of sp³-hybridized carbons (Fsp3) is 0.143. The van der Waals surface area contributed by atoms with E-state index in [0.29, 0.717) is 5.69 Å². The maximum absolute atomic E-state index is 12.6. The Hall–Kier alpha value is -3.57. The summed E-state index contributed by atoms with van der Waals surface area (Å²) in [6.45, 7) is 1.93. The molecule has 1 amide bonds. The molecule has 1 heterocycles. The number of nitrogens with zero attached hydrogens (tertiary/aromatic N) is 2. The predicted octanol–water partition coefficient (Wildman–Crippen LogP) is 2.65. The second-order valence-corrected chi connectivity index (χ2v) is 8.74. The third kappa shape index (κ3) is 5.99. The summed E-state index contributed by atoms with van der Waals surface area (Å²) >= 11 is 5.18. The molecule has 0 atom stereocenters. The average molecular weight is 472 g/mol. The largest absolute Gasteiger partial charge is 0.478 e. The second kappa shape index (κ2) is 10.2. The number of methoxy groups -OCH3 is 1. The van der Waals surface area contributed by atoms with Crippen LogP contribution in [0.15, 0.2) is 65.8 Å². The molecule has 0 bridgehead atoms. The Kier molecular flexibility index (Phi) is 7.33. The molecule has 0 aliphatic carbocycles. The van der Waals surface area contributed by atoms with Crippen molar-refractivity contribution in [2.45, 2.75) is 18.2 Å². The third-order valence-corrected chi connectivity index (χ3v) is 5.94. The van der Waals surface area contributed by atoms with Crippen molar-refractivity contribution in [2.75, 3.05) is 17.1 Å². The van der Waals surface area contributed by atoms with Gasteiger partial charge < -0.3 is 15.4 Å². The molecule has 0 radical (unpaired) electrons. The number of amides is 1. The number of carbonyl (C=O) groups excluding carboxylic acids is 1. The molecule has 0 aliphatic heterocycles. The zero-order chi connectivity index (χ0) is 23.1. The molecule has 0 fully saturated rings. The Morgan fingerprint density at radius 1 is 1.06 bits per heavy atom. The fourth-order valence-corrected chi connectivity index (χ4v) is 4.00. The molecule has 11 heteroatoms. The monoisotopic (exact) mass is 471 g/mol. The molecule has 3 N–H and O–H groups in total. The number of aromatic nitrogens is 2. The van der Waals surface area contributed by atoms with Crippen molar-refractivity contribution >= 4 is 44.8 Å². The Bertz CT molecular complexity index is 1230. The van der Waals surface area contributed by atoms with Gasteiger partial charge in [0.25, 0.3) is 15.9 Å². The van der Waals surface area contributed by atoms with Gasteiger partial charge in [-0.25, -0.2) is 18.4 Å². The summed E-state index contributed by atoms with van der Waals surface area (Å²) in [5, 5.41) is 5.59. The van der Waals surface area contributed by atoms with Gasteiger partial charge in [-0.15, -0.1) is 0 Å². The fourth-order valence-electron chi connectivity index (χ4n) is 2.76. The first-order chi connectivity index (χ1) is 15.3. The Balaban J connectivity index is 1.60. The summed E-state index contributed by atoms with van der Waals surface area (Å²) in [7, 11) is -2.55. The van der Waals surface area contributed by atoms with E-state index in [-0.39, 0.29) is 34.0 Å². The first-order valence-corrected chi connectivity index (χ1v) is 11.3. The van der Waals surface area contributed by atoms with Crippen LogP contribution in [0.3, 0.4) is 0 Å². The molecule has 2 aromatic carbocycles. The van der Waals surface area contributed by atoms with E-state index >= 15 is 0 Å². The Morgan fingerprint density at radius 3 is 2.44 bits per heavy atom. The zero-order valence-corrected chi connectivity index (χ0v) is 19.0. The van der Waals surface area contributed by atoms with Gasteiger partial charge in [-0.05, 0) is 54.5 Å². The van der Waals surface area contributed by atoms with Crippen molar-refractivity contribution in [2.24, 2.45) is 0 Å². The minimum Gasteiger partial charge on any atom is -0.478 e. The van der Waals surface area contributed by atoms with Crippen LogP contribution in [-0.2, 0) is 21.2 Å². The van der Waals surface area contributed by atoms with Gasteiger partial charge in [-0.3, -0.25) is 9.52 Å². The van der Waals surface area contributed by atoms with Crippen molar-refractivity contribution < 1.29 is 17.9 Å². The number of rotatable bonds is 7. The lowest BCUT2D eigenvalue weighted by Crippen LogP contribution is -2.35. The minimum absolute atomic E-state index is 0.00487. The molecule has 3 rings (SSSR count). The van der Waals surface area contributed by atoms with Crippen molar-refractivity contribution in [1.82, 2.24) is 15.3 Å². The SMILES string of the molecule is COc1nccnc1NS(=O)(=O)c1ccc(NC(=S)NC(=O)Cc2ccccc2C)cc1. The molecule has 166 valence electrons. The Labute approximate surface area is 191 Å². The van der Waals surface area contributed by atoms with Crippen LogP contribution in [0.4, 0.5) is 11.5 Å². The van der Waals surface area contributed by atoms with E-state index in [0.717, 1.165) is 11.1 Å². The van der Waals surface area contributed by atoms with E-state index in [1.54, 1.807) is 0 Å². The summed E-state index contributed by atoms with van der Waals surface area (Å²) in [6, 6.07) is 13.4. The van der Waals surface area contributed by atoms with Crippen LogP contribution in [-0.4, -0.2) is 36.5 Å². The lowest BCUT2D eigenvalue weighted by atomic mass is 10.1. The highest BCUT2D eigenvalue weighted by molar-refractivity contribution is 7.92. The summed E-state index contributed by atoms with van der Waals surface area (Å²) in [6.07, 6.45) is 2.94. The van der Waals surface area contributed by atoms with Crippen LogP contribution in [0.25, 0.3) is 0 Å². The molecule has 0 saturated carbocycles. The van der Waals surface area contributed by atoms with Crippen molar-refractivity contribution in [1.29, 1.82) is 0 Å². The van der Waals surface area contributed by atoms with Crippen molar-refractivity contribution in [3.63, 3.8) is 0 Å². The summed E-state index contributed by atoms with van der Waals surface area (Å²) < 4.78 is 32.6. The zero-order valence-electron chi connectivity index (χ0n) is 17.3. The van der Waals surface area contributed by atoms with Gasteiger partial charge in [0, 0.05) is 18.1 Å². The standard InChI is InChI=1S/C21H21N5O4S2/c1-14-5-3-4-6-15(14)13-18(27)25-21(31)24-16-7-9-17(10-8-16)32(28,29)26-19-20(30-2)23-12-11-22-19/h3-12H,13H2,1-2H3,(H,22,26)(H2,24,25,27,31). The minimum atomic E-state index is -3.91. The number of sulfonamides is 1. The van der Waals surface area contributed by atoms with Crippen molar-refractivity contribution in [3.8, 4) is 5.88 Å². The maximum Gasteiger partial charge on any atom is 0.263 e. The van der Waals surface area contributed by atoms with Gasteiger partial charge in [0.05, 0.1) is 18.4 Å². The summed E-state index contributed by atoms with van der Waals surface area (Å²) in [5.41, 5.74) is 2.45. The molecule has 9 nitrogen and oxygen atoms in total. The first kappa shape index (κ1) is 23.1. The molecule has 0 unspecified atom stereocenters. The van der Waals surface area contributed by atoms with Crippen LogP contribution in [0.5, 0.6) is 5.88 Å². The molecule has 0 saturated heterocycles. The highest BCUT2D eigenvalue weighted by Crippen LogP contribution is 2.22. The number of nitrogens with one attached hydrogen (secondary N) is 3. The molecule has 1 aromatic heterocycles. The van der Waals surface area contributed by atoms with E-state index in [1.165, 1.54) is 43.8 Å². The first-order valence-electron chi connectivity index (χ1n) is 9.41. The number of anilines is 2. The predicted molar refractivity (Wildman–Crippen MR) is 125 cm³/mol. The van der Waals surface area contributed by atoms with Crippen LogP contribution in [0.1, 0.15) is 11.1 Å². The molecule has 0 aliphatic rings. The van der Waals surface area contributed by atoms with Crippen LogP contribution in [0, 0.1) is 6.92 Å². The second-order valence-electron chi connectivity index (χ2n) is 6.65. The van der Waals surface area contributed by atoms with Crippen LogP contribution < -0.4 is 20.1 Å². The number of benzene rings is 2. The normalized spacial score (nSPS) is 10.8. The lowest BCUT2D eigenvalue weighted by molar-refractivity contribution is -0.119. The highest BCUT2D eigenvalue weighted by atomic mass is 32.2. The van der Waals surface area contributed by atoms with Gasteiger partial charge in [-0.2, -0.15) is 0 Å². The van der Waals surface area contributed by atoms with Crippen LogP contribution in [0.2, 0.25) is 0 Å². The lowest BCUT2D eigenvalue weighted by Gasteiger charge is -2.12. The van der Waals surface area contributed by atoms with E-state index in [2.05, 4.69) is 25.3 Å². The number of hydrogen-bond donors (Lipinski definition) is 3. The molecule has 0 spiro atoms. The smallest absolute Gasteiger partial charge is 0.263 e.